The number of halogens is 2. The van der Waals surface area contributed by atoms with Gasteiger partial charge < -0.3 is 5.11 Å². The molecule has 0 bridgehead atoms. The molecule has 1 aromatic rings. The van der Waals surface area contributed by atoms with Crippen LogP contribution in [0.1, 0.15) is 15.9 Å². The lowest BCUT2D eigenvalue weighted by Crippen LogP contribution is -1.95. The van der Waals surface area contributed by atoms with Crippen molar-refractivity contribution >= 4 is 41.0 Å². The van der Waals surface area contributed by atoms with E-state index in [1.54, 1.807) is 12.1 Å². The summed E-state index contributed by atoms with van der Waals surface area (Å²) in [4.78, 5) is 10.4. The zero-order valence-electron chi connectivity index (χ0n) is 6.16. The molecular weight excluding hydrogens is 290 g/mol. The van der Waals surface area contributed by atoms with Crippen molar-refractivity contribution in [1.82, 2.24) is 0 Å². The predicted molar refractivity (Wildman–Crippen MR) is 58.4 cm³/mol. The molecule has 0 saturated heterocycles. The molecule has 0 aromatic heterocycles. The van der Waals surface area contributed by atoms with Crippen molar-refractivity contribution < 1.29 is 9.90 Å². The van der Waals surface area contributed by atoms with Crippen LogP contribution < -0.4 is 0 Å². The second-order valence-corrected chi connectivity index (χ2v) is 2.90. The van der Waals surface area contributed by atoms with Crippen LogP contribution in [0, 0.1) is 0 Å². The van der Waals surface area contributed by atoms with Gasteiger partial charge >= 0.3 is 5.97 Å². The molecule has 66 valence electrons. The van der Waals surface area contributed by atoms with Gasteiger partial charge in [-0.1, -0.05) is 34.7 Å². The monoisotopic (exact) mass is 298 g/mol. The maximum Gasteiger partial charge on any atom is 0.335 e. The second kappa shape index (κ2) is 5.37. The van der Waals surface area contributed by atoms with E-state index in [1.807, 2.05) is 12.1 Å². The zero-order valence-corrected chi connectivity index (χ0v) is 9.13. The number of hydrogen-bond donors (Lipinski definition) is 1. The largest absolute Gasteiger partial charge is 0.478 e. The van der Waals surface area contributed by atoms with E-state index in [0.717, 1.165) is 9.99 Å². The first-order chi connectivity index (χ1) is 5.24. The van der Waals surface area contributed by atoms with E-state index >= 15 is 0 Å². The molecule has 0 fully saturated rings. The minimum Gasteiger partial charge on any atom is -0.478 e. The molecule has 0 heterocycles. The number of carbonyl (C=O) groups is 1. The molecule has 0 aliphatic carbocycles. The van der Waals surface area contributed by atoms with E-state index in [0.29, 0.717) is 5.56 Å². The summed E-state index contributed by atoms with van der Waals surface area (Å²) in [5, 5.41) is 8.55. The quantitative estimate of drug-likeness (QED) is 0.673. The highest BCUT2D eigenvalue weighted by Gasteiger charge is 1.99. The Morgan fingerprint density at radius 2 is 1.83 bits per heavy atom. The number of benzene rings is 1. The molecule has 0 atom stereocenters. The number of carboxylic acids is 1. The van der Waals surface area contributed by atoms with Crippen LogP contribution in [0.3, 0.4) is 0 Å². The molecule has 1 aromatic carbocycles. The van der Waals surface area contributed by atoms with Crippen molar-refractivity contribution in [2.24, 2.45) is 0 Å². The highest BCUT2D eigenvalue weighted by Crippen LogP contribution is 2.07. The Kier molecular flexibility index (Phi) is 5.24. The fraction of sp³-hybridized carbons (Fsp3) is 0.125. The van der Waals surface area contributed by atoms with Crippen LogP contribution in [0.4, 0.5) is 0 Å². The van der Waals surface area contributed by atoms with Gasteiger partial charge in [-0.15, -0.1) is 12.4 Å². The summed E-state index contributed by atoms with van der Waals surface area (Å²) in [6, 6.07) is 6.90. The first kappa shape index (κ1) is 11.7. The Morgan fingerprint density at radius 3 is 2.17 bits per heavy atom. The van der Waals surface area contributed by atoms with Gasteiger partial charge in [-0.05, 0) is 17.7 Å². The van der Waals surface area contributed by atoms with E-state index in [2.05, 4.69) is 22.6 Å². The number of rotatable bonds is 2. The van der Waals surface area contributed by atoms with Crippen LogP contribution in [0.15, 0.2) is 24.3 Å². The Hall–Kier alpha value is -0.290. The molecule has 0 radical (unpaired) electrons. The van der Waals surface area contributed by atoms with E-state index < -0.39 is 5.97 Å². The molecule has 0 spiro atoms. The summed E-state index contributed by atoms with van der Waals surface area (Å²) in [5.74, 6) is -0.870. The van der Waals surface area contributed by atoms with Gasteiger partial charge in [-0.25, -0.2) is 4.79 Å². The van der Waals surface area contributed by atoms with Gasteiger partial charge in [0, 0.05) is 4.43 Å². The fourth-order valence-corrected chi connectivity index (χ4v) is 1.24. The average Bonchev–Trinajstić information content (AvgIpc) is 2.05. The zero-order chi connectivity index (χ0) is 8.27. The molecule has 2 nitrogen and oxygen atoms in total. The summed E-state index contributed by atoms with van der Waals surface area (Å²) in [6.07, 6.45) is 0. The summed E-state index contributed by atoms with van der Waals surface area (Å²) >= 11 is 2.23. The Labute approximate surface area is 90.5 Å². The maximum absolute atomic E-state index is 10.4. The van der Waals surface area contributed by atoms with Crippen LogP contribution >= 0.6 is 35.0 Å². The van der Waals surface area contributed by atoms with Crippen molar-refractivity contribution in [3.05, 3.63) is 35.4 Å². The molecule has 0 aliphatic rings. The lowest BCUT2D eigenvalue weighted by atomic mass is 10.2. The summed E-state index contributed by atoms with van der Waals surface area (Å²) < 4.78 is 0.914. The number of alkyl halides is 1. The van der Waals surface area contributed by atoms with Crippen LogP contribution in [0.2, 0.25) is 0 Å². The molecule has 0 unspecified atom stereocenters. The SMILES string of the molecule is Cl.O=C(O)c1ccc(CI)cc1. The molecule has 4 heteroatoms. The lowest BCUT2D eigenvalue weighted by molar-refractivity contribution is 0.0697. The highest BCUT2D eigenvalue weighted by molar-refractivity contribution is 14.1. The fourth-order valence-electron chi connectivity index (χ4n) is 0.736. The molecule has 1 N–H and O–H groups in total. The van der Waals surface area contributed by atoms with Gasteiger partial charge in [0.15, 0.2) is 0 Å². The van der Waals surface area contributed by atoms with E-state index in [9.17, 15) is 4.79 Å². The number of aromatic carboxylic acids is 1. The Morgan fingerprint density at radius 1 is 1.33 bits per heavy atom. The average molecular weight is 299 g/mol. The third kappa shape index (κ3) is 2.98. The predicted octanol–water partition coefficient (Wildman–Crippen LogP) is 2.74. The van der Waals surface area contributed by atoms with Crippen molar-refractivity contribution in [3.8, 4) is 0 Å². The number of hydrogen-bond acceptors (Lipinski definition) is 1. The van der Waals surface area contributed by atoms with E-state index in [1.165, 1.54) is 0 Å². The van der Waals surface area contributed by atoms with Crippen LogP contribution in [-0.4, -0.2) is 11.1 Å². The Balaban J connectivity index is 0.00000121. The van der Waals surface area contributed by atoms with Crippen molar-refractivity contribution in [1.29, 1.82) is 0 Å². The molecule has 0 aliphatic heterocycles. The smallest absolute Gasteiger partial charge is 0.335 e. The van der Waals surface area contributed by atoms with E-state index in [4.69, 9.17) is 5.11 Å². The maximum atomic E-state index is 10.4. The third-order valence-electron chi connectivity index (χ3n) is 1.36. The lowest BCUT2D eigenvalue weighted by Gasteiger charge is -1.95. The molecule has 1 rings (SSSR count). The highest BCUT2D eigenvalue weighted by atomic mass is 127. The van der Waals surface area contributed by atoms with Gasteiger partial charge in [0.05, 0.1) is 5.56 Å². The molecule has 12 heavy (non-hydrogen) atoms. The molecule has 0 saturated carbocycles. The summed E-state index contributed by atoms with van der Waals surface area (Å²) in [6.45, 7) is 0. The van der Waals surface area contributed by atoms with Gasteiger partial charge in [0.2, 0.25) is 0 Å². The van der Waals surface area contributed by atoms with Crippen LogP contribution in [0.5, 0.6) is 0 Å². The standard InChI is InChI=1S/C8H7IO2.ClH/c9-5-6-1-3-7(4-2-6)8(10)11;/h1-4H,5H2,(H,10,11);1H. The van der Waals surface area contributed by atoms with Crippen molar-refractivity contribution in [3.63, 3.8) is 0 Å². The Bertz CT molecular complexity index is 258. The topological polar surface area (TPSA) is 37.3 Å². The van der Waals surface area contributed by atoms with Gasteiger partial charge in [-0.2, -0.15) is 0 Å². The van der Waals surface area contributed by atoms with Crippen LogP contribution in [-0.2, 0) is 4.43 Å². The van der Waals surface area contributed by atoms with Gasteiger partial charge in [0.1, 0.15) is 0 Å². The van der Waals surface area contributed by atoms with Crippen molar-refractivity contribution in [2.75, 3.05) is 0 Å². The minimum atomic E-state index is -0.870. The summed E-state index contributed by atoms with van der Waals surface area (Å²) in [7, 11) is 0. The second-order valence-electron chi connectivity index (χ2n) is 2.14. The van der Waals surface area contributed by atoms with Gasteiger partial charge in [-0.3, -0.25) is 0 Å². The summed E-state index contributed by atoms with van der Waals surface area (Å²) in [5.41, 5.74) is 1.49. The normalized spacial score (nSPS) is 8.75. The molecular formula is C8H8ClIO2. The third-order valence-corrected chi connectivity index (χ3v) is 2.24. The van der Waals surface area contributed by atoms with Gasteiger partial charge in [0.25, 0.3) is 0 Å². The van der Waals surface area contributed by atoms with E-state index in [-0.39, 0.29) is 12.4 Å². The first-order valence-electron chi connectivity index (χ1n) is 3.12. The van der Waals surface area contributed by atoms with Crippen LogP contribution in [0.25, 0.3) is 0 Å². The minimum absolute atomic E-state index is 0. The first-order valence-corrected chi connectivity index (χ1v) is 4.65. The molecule has 0 amide bonds. The van der Waals surface area contributed by atoms with Crippen molar-refractivity contribution in [2.45, 2.75) is 4.43 Å². The number of carboxylic acid groups (broad SMARTS) is 1.